The van der Waals surface area contributed by atoms with Gasteiger partial charge in [-0.15, -0.1) is 0 Å². The fraction of sp³-hybridized carbons (Fsp3) is 0.222. The van der Waals surface area contributed by atoms with Crippen molar-refractivity contribution >= 4 is 5.97 Å². The fourth-order valence-corrected chi connectivity index (χ4v) is 1.07. The van der Waals surface area contributed by atoms with E-state index in [0.29, 0.717) is 12.2 Å². The molecular weight excluding hydrogens is 156 g/mol. The second kappa shape index (κ2) is 3.88. The molecule has 0 amide bonds. The summed E-state index contributed by atoms with van der Waals surface area (Å²) in [6, 6.07) is 7.43. The van der Waals surface area contributed by atoms with E-state index in [9.17, 15) is 4.79 Å². The van der Waals surface area contributed by atoms with Crippen molar-refractivity contribution in [1.29, 1.82) is 0 Å². The summed E-state index contributed by atoms with van der Waals surface area (Å²) in [6.07, 6.45) is 0. The van der Waals surface area contributed by atoms with E-state index in [4.69, 9.17) is 9.84 Å². The average Bonchev–Trinajstić information content (AvgIpc) is 2.53. The van der Waals surface area contributed by atoms with Crippen LogP contribution in [0, 0.1) is 0 Å². The predicted molar refractivity (Wildman–Crippen MR) is 43.7 cm³/mol. The average molecular weight is 166 g/mol. The molecule has 3 nitrogen and oxygen atoms in total. The molecule has 3 heteroatoms. The lowest BCUT2D eigenvalue weighted by Crippen LogP contribution is -1.91. The van der Waals surface area contributed by atoms with Gasteiger partial charge in [-0.1, -0.05) is 18.2 Å². The molecule has 1 aromatic rings. The number of aliphatic hydroxyl groups excluding tert-OH is 1. The highest BCUT2D eigenvalue weighted by atomic mass is 16.5. The summed E-state index contributed by atoms with van der Waals surface area (Å²) >= 11 is 0. The van der Waals surface area contributed by atoms with E-state index < -0.39 is 0 Å². The van der Waals surface area contributed by atoms with Gasteiger partial charge in [0.2, 0.25) is 0 Å². The van der Waals surface area contributed by atoms with Crippen molar-refractivity contribution in [2.75, 3.05) is 7.11 Å². The van der Waals surface area contributed by atoms with Crippen LogP contribution in [0.1, 0.15) is 15.9 Å². The minimum absolute atomic E-state index is 0.199. The summed E-state index contributed by atoms with van der Waals surface area (Å²) in [5.41, 5.74) is 1.70. The Kier molecular flexibility index (Phi) is 2.82. The second-order valence-corrected chi connectivity index (χ2v) is 2.23. The molecule has 64 valence electrons. The second-order valence-electron chi connectivity index (χ2n) is 2.23. The van der Waals surface area contributed by atoms with E-state index >= 15 is 0 Å². The van der Waals surface area contributed by atoms with Crippen molar-refractivity contribution in [3.05, 3.63) is 35.4 Å². The number of aliphatic hydroxyl groups is 1. The lowest BCUT2D eigenvalue weighted by atomic mass is 10.1. The summed E-state index contributed by atoms with van der Waals surface area (Å²) in [5.74, 6) is -0.199. The van der Waals surface area contributed by atoms with E-state index in [1.165, 1.54) is 0 Å². The third-order valence-corrected chi connectivity index (χ3v) is 1.60. The molecule has 1 N–H and O–H groups in total. The number of hydrogen-bond acceptors (Lipinski definition) is 3. The first-order valence-corrected chi connectivity index (χ1v) is 3.58. The smallest absolute Gasteiger partial charge is 0.338 e. The summed E-state index contributed by atoms with van der Waals surface area (Å²) in [6.45, 7) is 0.439. The Morgan fingerprint density at radius 3 is 2.67 bits per heavy atom. The van der Waals surface area contributed by atoms with Gasteiger partial charge in [0.25, 0.3) is 0 Å². The van der Waals surface area contributed by atoms with Crippen LogP contribution in [0.25, 0.3) is 0 Å². The first kappa shape index (κ1) is 8.74. The Bertz CT molecular complexity index is 281. The number of rotatable bonds is 0. The molecule has 0 unspecified atom stereocenters. The molecule has 0 spiro atoms. The Morgan fingerprint density at radius 2 is 2.00 bits per heavy atom. The molecule has 0 saturated heterocycles. The van der Waals surface area contributed by atoms with E-state index in [0.717, 1.165) is 12.7 Å². The third-order valence-electron chi connectivity index (χ3n) is 1.60. The molecule has 0 aliphatic carbocycles. The van der Waals surface area contributed by atoms with Crippen LogP contribution in [0.4, 0.5) is 0 Å². The lowest BCUT2D eigenvalue weighted by Gasteiger charge is -1.87. The van der Waals surface area contributed by atoms with Gasteiger partial charge in [-0.2, -0.15) is 0 Å². The minimum Gasteiger partial charge on any atom is -0.457 e. The van der Waals surface area contributed by atoms with Crippen molar-refractivity contribution in [1.82, 2.24) is 0 Å². The van der Waals surface area contributed by atoms with Crippen LogP contribution in [0.2, 0.25) is 0 Å². The number of fused-ring (bicyclic) bond motifs is 1. The first-order chi connectivity index (χ1) is 5.88. The van der Waals surface area contributed by atoms with Crippen LogP contribution >= 0.6 is 0 Å². The van der Waals surface area contributed by atoms with Crippen LogP contribution < -0.4 is 0 Å². The molecule has 2 rings (SSSR count). The van der Waals surface area contributed by atoms with E-state index in [1.807, 2.05) is 18.2 Å². The van der Waals surface area contributed by atoms with Crippen molar-refractivity contribution in [2.24, 2.45) is 0 Å². The molecule has 1 aliphatic heterocycles. The number of hydrogen-bond donors (Lipinski definition) is 1. The first-order valence-electron chi connectivity index (χ1n) is 3.58. The van der Waals surface area contributed by atoms with Gasteiger partial charge in [-0.05, 0) is 6.07 Å². The van der Waals surface area contributed by atoms with Gasteiger partial charge in [0, 0.05) is 12.7 Å². The zero-order valence-corrected chi connectivity index (χ0v) is 6.78. The highest BCUT2D eigenvalue weighted by molar-refractivity contribution is 5.93. The van der Waals surface area contributed by atoms with Gasteiger partial charge in [-0.3, -0.25) is 0 Å². The molecular formula is C9H10O3. The topological polar surface area (TPSA) is 46.5 Å². The van der Waals surface area contributed by atoms with Crippen molar-refractivity contribution in [3.63, 3.8) is 0 Å². The van der Waals surface area contributed by atoms with Gasteiger partial charge in [0.1, 0.15) is 6.61 Å². The number of esters is 1. The van der Waals surface area contributed by atoms with E-state index in [1.54, 1.807) is 6.07 Å². The van der Waals surface area contributed by atoms with Crippen molar-refractivity contribution < 1.29 is 14.6 Å². The van der Waals surface area contributed by atoms with Crippen LogP contribution in [-0.4, -0.2) is 18.2 Å². The monoisotopic (exact) mass is 166 g/mol. The number of carbonyl (C=O) groups is 1. The maximum Gasteiger partial charge on any atom is 0.338 e. The predicted octanol–water partition coefficient (Wildman–Crippen LogP) is 0.966. The summed E-state index contributed by atoms with van der Waals surface area (Å²) in [5, 5.41) is 7.00. The van der Waals surface area contributed by atoms with E-state index in [-0.39, 0.29) is 5.97 Å². The molecule has 0 atom stereocenters. The molecule has 1 aromatic carbocycles. The largest absolute Gasteiger partial charge is 0.457 e. The van der Waals surface area contributed by atoms with E-state index in [2.05, 4.69) is 0 Å². The van der Waals surface area contributed by atoms with Crippen LogP contribution in [0.3, 0.4) is 0 Å². The normalized spacial score (nSPS) is 12.7. The number of benzene rings is 1. The maximum absolute atomic E-state index is 10.8. The highest BCUT2D eigenvalue weighted by Crippen LogP contribution is 2.17. The summed E-state index contributed by atoms with van der Waals surface area (Å²) < 4.78 is 4.78. The standard InChI is InChI=1S/C8H6O2.CH4O/c9-8-7-4-2-1-3-6(7)5-10-8;1-2/h1-4H,5H2;2H,1H3. The van der Waals surface area contributed by atoms with Gasteiger partial charge in [0.15, 0.2) is 0 Å². The molecule has 0 bridgehead atoms. The Hall–Kier alpha value is -1.35. The minimum atomic E-state index is -0.199. The zero-order chi connectivity index (χ0) is 8.97. The van der Waals surface area contributed by atoms with Crippen LogP contribution in [0.15, 0.2) is 24.3 Å². The molecule has 1 heterocycles. The van der Waals surface area contributed by atoms with Gasteiger partial charge in [0.05, 0.1) is 5.56 Å². The van der Waals surface area contributed by atoms with Gasteiger partial charge in [-0.25, -0.2) is 4.79 Å². The maximum atomic E-state index is 10.8. The molecule has 0 fully saturated rings. The number of ether oxygens (including phenoxy) is 1. The zero-order valence-electron chi connectivity index (χ0n) is 6.78. The quantitative estimate of drug-likeness (QED) is 0.584. The summed E-state index contributed by atoms with van der Waals surface area (Å²) in [4.78, 5) is 10.8. The molecule has 0 radical (unpaired) electrons. The number of cyclic esters (lactones) is 1. The van der Waals surface area contributed by atoms with Crippen molar-refractivity contribution in [2.45, 2.75) is 6.61 Å². The molecule has 0 saturated carbocycles. The fourth-order valence-electron chi connectivity index (χ4n) is 1.07. The molecule has 0 aromatic heterocycles. The molecule has 1 aliphatic rings. The summed E-state index contributed by atoms with van der Waals surface area (Å²) in [7, 11) is 1.00. The molecule has 12 heavy (non-hydrogen) atoms. The highest BCUT2D eigenvalue weighted by Gasteiger charge is 2.18. The van der Waals surface area contributed by atoms with Gasteiger partial charge >= 0.3 is 5.97 Å². The Balaban J connectivity index is 0.000000336. The Morgan fingerprint density at radius 1 is 1.33 bits per heavy atom. The lowest BCUT2D eigenvalue weighted by molar-refractivity contribution is 0.0535. The van der Waals surface area contributed by atoms with Gasteiger partial charge < -0.3 is 9.84 Å². The van der Waals surface area contributed by atoms with Crippen molar-refractivity contribution in [3.8, 4) is 0 Å². The van der Waals surface area contributed by atoms with Crippen LogP contribution in [0.5, 0.6) is 0 Å². The number of carbonyl (C=O) groups excluding carboxylic acids is 1. The van der Waals surface area contributed by atoms with Crippen LogP contribution in [-0.2, 0) is 11.3 Å². The third kappa shape index (κ3) is 1.46. The SMILES string of the molecule is CO.O=C1OCc2ccccc21. The Labute approximate surface area is 70.6 Å².